The van der Waals surface area contributed by atoms with Crippen LogP contribution in [0.25, 0.3) is 0 Å². The van der Waals surface area contributed by atoms with Crippen LogP contribution in [-0.2, 0) is 11.2 Å². The maximum Gasteiger partial charge on any atom is 0.230 e. The lowest BCUT2D eigenvalue weighted by atomic mass is 10.1. The number of aryl methyl sites for hydroxylation is 1. The molecule has 1 N–H and O–H groups in total. The van der Waals surface area contributed by atoms with Crippen LogP contribution in [0.15, 0.2) is 24.3 Å². The largest absolute Gasteiger partial charge is 0.300 e. The zero-order chi connectivity index (χ0) is 12.3. The molecule has 1 amide bonds. The number of rotatable bonds is 3. The predicted molar refractivity (Wildman–Crippen MR) is 63.4 cm³/mol. The van der Waals surface area contributed by atoms with Gasteiger partial charge in [-0.25, -0.2) is 4.39 Å². The first-order chi connectivity index (χ1) is 8.13. The quantitative estimate of drug-likeness (QED) is 0.909. The van der Waals surface area contributed by atoms with Gasteiger partial charge in [0.05, 0.1) is 6.42 Å². The standard InChI is InChI=1S/C11H10FN3OS/c1-7-14-15-11(17-7)13-10(16)6-8-2-4-9(12)5-3-8/h2-5H,6H2,1H3,(H,13,15,16). The molecule has 0 aliphatic heterocycles. The Morgan fingerprint density at radius 2 is 2.06 bits per heavy atom. The van der Waals surface area contributed by atoms with Crippen molar-refractivity contribution >= 4 is 22.4 Å². The fraction of sp³-hybridized carbons (Fsp3) is 0.182. The van der Waals surface area contributed by atoms with E-state index in [0.717, 1.165) is 10.6 Å². The molecule has 0 saturated carbocycles. The van der Waals surface area contributed by atoms with Gasteiger partial charge in [0.1, 0.15) is 10.8 Å². The van der Waals surface area contributed by atoms with Crippen LogP contribution >= 0.6 is 11.3 Å². The number of hydrogen-bond acceptors (Lipinski definition) is 4. The Labute approximate surface area is 102 Å². The van der Waals surface area contributed by atoms with Crippen molar-refractivity contribution < 1.29 is 9.18 Å². The van der Waals surface area contributed by atoms with Gasteiger partial charge in [0, 0.05) is 0 Å². The maximum atomic E-state index is 12.7. The molecule has 1 heterocycles. The molecule has 1 aromatic carbocycles. The molecule has 0 aliphatic carbocycles. The molecule has 0 spiro atoms. The second-order valence-corrected chi connectivity index (χ2v) is 4.66. The van der Waals surface area contributed by atoms with E-state index in [4.69, 9.17) is 0 Å². The Morgan fingerprint density at radius 3 is 2.65 bits per heavy atom. The zero-order valence-corrected chi connectivity index (χ0v) is 9.92. The van der Waals surface area contributed by atoms with E-state index >= 15 is 0 Å². The normalized spacial score (nSPS) is 10.2. The molecule has 0 saturated heterocycles. The van der Waals surface area contributed by atoms with E-state index in [-0.39, 0.29) is 18.1 Å². The smallest absolute Gasteiger partial charge is 0.230 e. The van der Waals surface area contributed by atoms with Crippen molar-refractivity contribution in [3.8, 4) is 0 Å². The minimum absolute atomic E-state index is 0.187. The van der Waals surface area contributed by atoms with Crippen LogP contribution in [0.4, 0.5) is 9.52 Å². The summed E-state index contributed by atoms with van der Waals surface area (Å²) in [6.45, 7) is 1.81. The van der Waals surface area contributed by atoms with Crippen LogP contribution in [0, 0.1) is 12.7 Å². The third-order valence-electron chi connectivity index (χ3n) is 2.05. The Bertz CT molecular complexity index is 524. The van der Waals surface area contributed by atoms with Crippen LogP contribution in [0.5, 0.6) is 0 Å². The SMILES string of the molecule is Cc1nnc(NC(=O)Cc2ccc(F)cc2)s1. The summed E-state index contributed by atoms with van der Waals surface area (Å²) in [6.07, 6.45) is 0.193. The fourth-order valence-corrected chi connectivity index (χ4v) is 1.91. The van der Waals surface area contributed by atoms with Gasteiger partial charge in [-0.2, -0.15) is 0 Å². The highest BCUT2D eigenvalue weighted by atomic mass is 32.1. The molecule has 4 nitrogen and oxygen atoms in total. The highest BCUT2D eigenvalue weighted by Gasteiger charge is 2.07. The Balaban J connectivity index is 1.95. The number of anilines is 1. The number of benzene rings is 1. The third kappa shape index (κ3) is 3.32. The molecule has 1 aromatic heterocycles. The van der Waals surface area contributed by atoms with E-state index in [2.05, 4.69) is 15.5 Å². The van der Waals surface area contributed by atoms with Crippen molar-refractivity contribution in [1.29, 1.82) is 0 Å². The van der Waals surface area contributed by atoms with E-state index in [0.29, 0.717) is 5.13 Å². The van der Waals surface area contributed by atoms with Crippen molar-refractivity contribution in [3.05, 3.63) is 40.7 Å². The van der Waals surface area contributed by atoms with E-state index < -0.39 is 0 Å². The molecule has 6 heteroatoms. The lowest BCUT2D eigenvalue weighted by Crippen LogP contribution is -2.14. The first-order valence-corrected chi connectivity index (χ1v) is 5.79. The van der Waals surface area contributed by atoms with Gasteiger partial charge in [-0.05, 0) is 24.6 Å². The van der Waals surface area contributed by atoms with E-state index in [1.54, 1.807) is 12.1 Å². The molecule has 0 bridgehead atoms. The average Bonchev–Trinajstić information content (AvgIpc) is 2.67. The maximum absolute atomic E-state index is 12.7. The van der Waals surface area contributed by atoms with Gasteiger partial charge in [0.2, 0.25) is 11.0 Å². The number of nitrogens with zero attached hydrogens (tertiary/aromatic N) is 2. The summed E-state index contributed by atoms with van der Waals surface area (Å²) in [5, 5.41) is 11.5. The van der Waals surface area contributed by atoms with Crippen LogP contribution in [-0.4, -0.2) is 16.1 Å². The molecular weight excluding hydrogens is 241 g/mol. The van der Waals surface area contributed by atoms with Crippen LogP contribution in [0.1, 0.15) is 10.6 Å². The molecule has 0 unspecified atom stereocenters. The van der Waals surface area contributed by atoms with Gasteiger partial charge in [-0.3, -0.25) is 4.79 Å². The highest BCUT2D eigenvalue weighted by molar-refractivity contribution is 7.15. The third-order valence-corrected chi connectivity index (χ3v) is 2.80. The Kier molecular flexibility index (Phi) is 3.43. The first-order valence-electron chi connectivity index (χ1n) is 4.98. The van der Waals surface area contributed by atoms with Gasteiger partial charge >= 0.3 is 0 Å². The second-order valence-electron chi connectivity index (χ2n) is 3.48. The summed E-state index contributed by atoms with van der Waals surface area (Å²) in [4.78, 5) is 11.6. The molecule has 0 fully saturated rings. The number of amides is 1. The van der Waals surface area contributed by atoms with Gasteiger partial charge in [-0.15, -0.1) is 10.2 Å². The highest BCUT2D eigenvalue weighted by Crippen LogP contribution is 2.14. The average molecular weight is 251 g/mol. The minimum Gasteiger partial charge on any atom is -0.300 e. The zero-order valence-electron chi connectivity index (χ0n) is 9.11. The summed E-state index contributed by atoms with van der Waals surface area (Å²) in [6, 6.07) is 5.83. The topological polar surface area (TPSA) is 54.9 Å². The van der Waals surface area contributed by atoms with Crippen molar-refractivity contribution in [2.75, 3.05) is 5.32 Å². The number of hydrogen-bond donors (Lipinski definition) is 1. The lowest BCUT2D eigenvalue weighted by molar-refractivity contribution is -0.115. The van der Waals surface area contributed by atoms with Gasteiger partial charge in [-0.1, -0.05) is 23.5 Å². The van der Waals surface area contributed by atoms with Gasteiger partial charge in [0.25, 0.3) is 0 Å². The minimum atomic E-state index is -0.311. The number of halogens is 1. The Hall–Kier alpha value is -1.82. The van der Waals surface area contributed by atoms with E-state index in [1.807, 2.05) is 6.92 Å². The fourth-order valence-electron chi connectivity index (χ4n) is 1.30. The monoisotopic (exact) mass is 251 g/mol. The number of carbonyl (C=O) groups excluding carboxylic acids is 1. The predicted octanol–water partition coefficient (Wildman–Crippen LogP) is 2.17. The number of carbonyl (C=O) groups is 1. The summed E-state index contributed by atoms with van der Waals surface area (Å²) < 4.78 is 12.7. The summed E-state index contributed by atoms with van der Waals surface area (Å²) in [5.74, 6) is -0.498. The first kappa shape index (κ1) is 11.7. The van der Waals surface area contributed by atoms with Crippen molar-refractivity contribution in [3.63, 3.8) is 0 Å². The van der Waals surface area contributed by atoms with Crippen LogP contribution in [0.3, 0.4) is 0 Å². The van der Waals surface area contributed by atoms with Gasteiger partial charge < -0.3 is 5.32 Å². The molecule has 2 aromatic rings. The van der Waals surface area contributed by atoms with Crippen LogP contribution in [0.2, 0.25) is 0 Å². The number of aromatic nitrogens is 2. The van der Waals surface area contributed by atoms with Crippen molar-refractivity contribution in [2.45, 2.75) is 13.3 Å². The van der Waals surface area contributed by atoms with E-state index in [1.165, 1.54) is 23.5 Å². The molecule has 0 atom stereocenters. The second kappa shape index (κ2) is 5.01. The molecule has 0 radical (unpaired) electrons. The molecule has 2 rings (SSSR count). The molecule has 0 aliphatic rings. The van der Waals surface area contributed by atoms with E-state index in [9.17, 15) is 9.18 Å². The Morgan fingerprint density at radius 1 is 1.35 bits per heavy atom. The summed E-state index contributed by atoms with van der Waals surface area (Å²) in [7, 11) is 0. The molecule has 88 valence electrons. The molecular formula is C11H10FN3OS. The van der Waals surface area contributed by atoms with Gasteiger partial charge in [0.15, 0.2) is 0 Å². The number of nitrogens with one attached hydrogen (secondary N) is 1. The van der Waals surface area contributed by atoms with Crippen molar-refractivity contribution in [2.24, 2.45) is 0 Å². The van der Waals surface area contributed by atoms with Crippen LogP contribution < -0.4 is 5.32 Å². The molecule has 17 heavy (non-hydrogen) atoms. The summed E-state index contributed by atoms with van der Waals surface area (Å²) >= 11 is 1.31. The summed E-state index contributed by atoms with van der Waals surface area (Å²) in [5.41, 5.74) is 0.755. The lowest BCUT2D eigenvalue weighted by Gasteiger charge is -2.01. The van der Waals surface area contributed by atoms with Crippen molar-refractivity contribution in [1.82, 2.24) is 10.2 Å².